The van der Waals surface area contributed by atoms with E-state index in [9.17, 15) is 32.3 Å². The highest BCUT2D eigenvalue weighted by Gasteiger charge is 2.34. The molecule has 5 heterocycles. The van der Waals surface area contributed by atoms with E-state index in [-0.39, 0.29) is 29.3 Å². The molecule has 0 spiro atoms. The van der Waals surface area contributed by atoms with E-state index in [1.54, 1.807) is 38.2 Å². The third-order valence-electron chi connectivity index (χ3n) is 13.7. The molecule has 2 aromatic carbocycles. The van der Waals surface area contributed by atoms with Crippen molar-refractivity contribution in [3.63, 3.8) is 0 Å². The number of aromatic nitrogens is 5. The summed E-state index contributed by atoms with van der Waals surface area (Å²) in [6.45, 7) is 7.53. The molecular formula is C49H58F3N9O6. The number of rotatable bonds is 13. The Morgan fingerprint density at radius 2 is 1.63 bits per heavy atom. The zero-order valence-corrected chi connectivity index (χ0v) is 38.1. The van der Waals surface area contributed by atoms with E-state index in [1.165, 1.54) is 30.0 Å². The Balaban J connectivity index is 0.756. The van der Waals surface area contributed by atoms with Crippen molar-refractivity contribution in [2.45, 2.75) is 89.8 Å². The fraction of sp³-hybridized carbons (Fsp3) is 0.490. The van der Waals surface area contributed by atoms with Crippen LogP contribution in [-0.2, 0) is 15.7 Å². The van der Waals surface area contributed by atoms with Gasteiger partial charge in [0.15, 0.2) is 0 Å². The molecule has 1 saturated carbocycles. The Bertz CT molecular complexity index is 2700. The van der Waals surface area contributed by atoms with E-state index in [4.69, 9.17) is 20.2 Å². The lowest BCUT2D eigenvalue weighted by molar-refractivity contribution is -0.138. The van der Waals surface area contributed by atoms with Gasteiger partial charge in [-0.25, -0.2) is 14.8 Å². The van der Waals surface area contributed by atoms with Gasteiger partial charge in [0.1, 0.15) is 17.4 Å². The number of pyridine rings is 1. The van der Waals surface area contributed by atoms with Gasteiger partial charge in [0.2, 0.25) is 5.91 Å². The van der Waals surface area contributed by atoms with Gasteiger partial charge in [-0.05, 0) is 131 Å². The maximum absolute atomic E-state index is 13.7. The highest BCUT2D eigenvalue weighted by Crippen LogP contribution is 2.39. The number of carbonyl (C=O) groups is 2. The molecule has 15 nitrogen and oxygen atoms in total. The van der Waals surface area contributed by atoms with E-state index < -0.39 is 29.0 Å². The molecule has 1 atom stereocenters. The summed E-state index contributed by atoms with van der Waals surface area (Å²) >= 11 is 0. The van der Waals surface area contributed by atoms with Gasteiger partial charge >= 0.3 is 11.9 Å². The summed E-state index contributed by atoms with van der Waals surface area (Å²) in [4.78, 5) is 71.3. The van der Waals surface area contributed by atoms with Crippen LogP contribution < -0.4 is 27.0 Å². The van der Waals surface area contributed by atoms with Crippen LogP contribution in [0.25, 0.3) is 16.6 Å². The summed E-state index contributed by atoms with van der Waals surface area (Å²) in [5.41, 5.74) is 6.65. The van der Waals surface area contributed by atoms with Gasteiger partial charge < -0.3 is 30.3 Å². The molecule has 8 rings (SSSR count). The average molecular weight is 926 g/mol. The van der Waals surface area contributed by atoms with Crippen LogP contribution in [0.2, 0.25) is 0 Å². The van der Waals surface area contributed by atoms with Crippen molar-refractivity contribution in [1.82, 2.24) is 34.3 Å². The van der Waals surface area contributed by atoms with Crippen molar-refractivity contribution in [2.24, 2.45) is 17.8 Å². The van der Waals surface area contributed by atoms with Gasteiger partial charge in [0, 0.05) is 85.8 Å². The number of fused-ring (bicyclic) bond motifs is 1. The van der Waals surface area contributed by atoms with E-state index >= 15 is 0 Å². The van der Waals surface area contributed by atoms with Gasteiger partial charge in [-0.2, -0.15) is 13.2 Å². The minimum Gasteiger partial charge on any atom is -0.495 e. The number of ether oxygens (including phenoxy) is 2. The zero-order chi connectivity index (χ0) is 47.4. The van der Waals surface area contributed by atoms with E-state index in [0.29, 0.717) is 77.9 Å². The third kappa shape index (κ3) is 11.1. The number of piperidine rings is 2. The molecule has 0 bridgehead atoms. The molecule has 3 fully saturated rings. The molecule has 18 heteroatoms. The molecule has 5 aromatic rings. The molecule has 67 heavy (non-hydrogen) atoms. The van der Waals surface area contributed by atoms with Gasteiger partial charge in [0.25, 0.3) is 11.5 Å². The Hall–Kier alpha value is -6.30. The van der Waals surface area contributed by atoms with Crippen LogP contribution >= 0.6 is 0 Å². The number of likely N-dealkylation sites (tertiary alicyclic amines) is 2. The molecule has 3 aromatic heterocycles. The highest BCUT2D eigenvalue weighted by atomic mass is 19.4. The number of benzene rings is 2. The molecule has 1 aliphatic carbocycles. The first-order valence-corrected chi connectivity index (χ1v) is 23.2. The van der Waals surface area contributed by atoms with Crippen molar-refractivity contribution in [1.29, 1.82) is 0 Å². The van der Waals surface area contributed by atoms with Gasteiger partial charge in [0.05, 0.1) is 36.1 Å². The minimum absolute atomic E-state index is 0.0239. The first kappa shape index (κ1) is 47.2. The van der Waals surface area contributed by atoms with Gasteiger partial charge in [-0.1, -0.05) is 0 Å². The molecule has 2 aliphatic heterocycles. The van der Waals surface area contributed by atoms with Gasteiger partial charge in [-0.15, -0.1) is 0 Å². The predicted molar refractivity (Wildman–Crippen MR) is 247 cm³/mol. The number of nitrogens with zero attached hydrogens (tertiary/aromatic N) is 6. The number of hydrogen-bond donors (Lipinski definition) is 3. The number of nitrogens with two attached hydrogens (primary N) is 1. The van der Waals surface area contributed by atoms with Crippen molar-refractivity contribution in [2.75, 3.05) is 57.6 Å². The number of alkyl halides is 3. The zero-order valence-electron chi connectivity index (χ0n) is 38.1. The number of aromatic amines is 1. The topological polar surface area (TPSA) is 191 Å². The van der Waals surface area contributed by atoms with Crippen molar-refractivity contribution in [3.05, 3.63) is 110 Å². The number of amides is 2. The second kappa shape index (κ2) is 20.3. The second-order valence-corrected chi connectivity index (χ2v) is 18.3. The summed E-state index contributed by atoms with van der Waals surface area (Å²) in [6, 6.07) is 11.2. The van der Waals surface area contributed by atoms with Crippen LogP contribution in [0.15, 0.2) is 70.5 Å². The molecule has 0 radical (unpaired) electrons. The van der Waals surface area contributed by atoms with Crippen molar-refractivity contribution < 1.29 is 32.2 Å². The van der Waals surface area contributed by atoms with Crippen LogP contribution in [0.3, 0.4) is 0 Å². The lowest BCUT2D eigenvalue weighted by Crippen LogP contribution is -2.42. The maximum atomic E-state index is 13.7. The summed E-state index contributed by atoms with van der Waals surface area (Å²) < 4.78 is 53.5. The quantitative estimate of drug-likeness (QED) is 0.0787. The van der Waals surface area contributed by atoms with Crippen LogP contribution in [0, 0.1) is 24.7 Å². The molecular weight excluding hydrogens is 868 g/mol. The number of nitrogens with one attached hydrogen (secondary N) is 2. The summed E-state index contributed by atoms with van der Waals surface area (Å²) in [5, 5.41) is 4.03. The second-order valence-electron chi connectivity index (χ2n) is 18.3. The fourth-order valence-corrected chi connectivity index (χ4v) is 9.82. The Labute approximate surface area is 386 Å². The Morgan fingerprint density at radius 3 is 2.33 bits per heavy atom. The van der Waals surface area contributed by atoms with Crippen LogP contribution in [0.4, 0.5) is 24.7 Å². The molecule has 2 saturated heterocycles. The number of carbonyl (C=O) groups excluding carboxylic acids is 2. The average Bonchev–Trinajstić information content (AvgIpc) is 3.32. The number of halogens is 3. The molecule has 4 N–H and O–H groups in total. The highest BCUT2D eigenvalue weighted by molar-refractivity contribution is 5.95. The van der Waals surface area contributed by atoms with Crippen LogP contribution in [-0.4, -0.2) is 92.6 Å². The molecule has 0 unspecified atom stereocenters. The molecule has 3 aliphatic rings. The lowest BCUT2D eigenvalue weighted by Gasteiger charge is -2.36. The molecule has 2 amide bonds. The summed E-state index contributed by atoms with van der Waals surface area (Å²) in [5.74, 6) is 2.50. The monoisotopic (exact) mass is 925 g/mol. The fourth-order valence-electron chi connectivity index (χ4n) is 9.82. The van der Waals surface area contributed by atoms with Crippen molar-refractivity contribution in [3.8, 4) is 11.4 Å². The van der Waals surface area contributed by atoms with E-state index in [2.05, 4.69) is 20.3 Å². The first-order chi connectivity index (χ1) is 32.1. The normalized spacial score (nSPS) is 19.1. The largest absolute Gasteiger partial charge is 0.495 e. The first-order valence-electron chi connectivity index (χ1n) is 23.2. The summed E-state index contributed by atoms with van der Waals surface area (Å²) in [6.07, 6.45) is 6.25. The van der Waals surface area contributed by atoms with Gasteiger partial charge in [-0.3, -0.25) is 28.9 Å². The SMILES string of the molecule is COc1ccc(C(=O)N2CCC(COCCC3CCN(C(=O)C4CCC(c5cc6c(N[C@H](C)c7cc(N)cc(C(F)(F)F)c7)nc(C)nc6cn5)CC4)CC3)CC2)cc1-n1ccc(=O)[nH]c1=O. The van der Waals surface area contributed by atoms with E-state index in [0.717, 1.165) is 94.1 Å². The third-order valence-corrected chi connectivity index (χ3v) is 13.7. The lowest BCUT2D eigenvalue weighted by atomic mass is 9.79. The Kier molecular flexibility index (Phi) is 14.3. The Morgan fingerprint density at radius 1 is 0.910 bits per heavy atom. The standard InChI is InChI=1S/C49H58F3N9O6/c1-29(36-22-37(49(50,51)52)25-38(53)23-36)55-45-39-26-40(54-27-41(39)56-30(2)57-45)33-4-6-34(7-5-33)46(63)59-16-10-31(11-17-59)15-21-67-28-32-12-18-60(19-13-32)47(64)35-8-9-43(66-3)42(24-35)61-20-14-44(62)58-48(61)65/h8-9,14,20,22-27,29,31-34H,4-7,10-13,15-19,21,28,53H2,1-3H3,(H,55,56,57)(H,58,62,65)/t29-,33?,34?/m1/s1. The van der Waals surface area contributed by atoms with E-state index in [1.807, 2.05) is 15.9 Å². The minimum atomic E-state index is -4.52. The molecule has 356 valence electrons. The number of nitrogen functional groups attached to an aromatic ring is 1. The number of aryl methyl sites for hydroxylation is 1. The number of H-pyrrole nitrogens is 1. The van der Waals surface area contributed by atoms with Crippen molar-refractivity contribution >= 4 is 34.2 Å². The van der Waals surface area contributed by atoms with Crippen LogP contribution in [0.1, 0.15) is 110 Å². The number of anilines is 2. The maximum Gasteiger partial charge on any atom is 0.416 e. The van der Waals surface area contributed by atoms with Crippen LogP contribution in [0.5, 0.6) is 5.75 Å². The predicted octanol–water partition coefficient (Wildman–Crippen LogP) is 7.43. The number of methoxy groups -OCH3 is 1. The smallest absolute Gasteiger partial charge is 0.416 e. The summed E-state index contributed by atoms with van der Waals surface area (Å²) in [7, 11) is 1.48. The number of hydrogen-bond acceptors (Lipinski definition) is 11.